The Morgan fingerprint density at radius 2 is 2.00 bits per heavy atom. The Labute approximate surface area is 156 Å². The summed E-state index contributed by atoms with van der Waals surface area (Å²) in [6.45, 7) is 2.09. The first-order valence-corrected chi connectivity index (χ1v) is 8.23. The van der Waals surface area contributed by atoms with E-state index in [0.717, 1.165) is 5.56 Å². The Morgan fingerprint density at radius 1 is 1.22 bits per heavy atom. The van der Waals surface area contributed by atoms with Crippen LogP contribution in [0.1, 0.15) is 17.0 Å². The van der Waals surface area contributed by atoms with E-state index in [4.69, 9.17) is 26.0 Å². The average Bonchev–Trinajstić information content (AvgIpc) is 3.09. The van der Waals surface area contributed by atoms with Gasteiger partial charge in [-0.1, -0.05) is 30.3 Å². The number of hydrogen-bond donors (Lipinski definition) is 3. The van der Waals surface area contributed by atoms with Crippen molar-refractivity contribution in [3.8, 4) is 23.3 Å². The summed E-state index contributed by atoms with van der Waals surface area (Å²) >= 11 is 0. The normalized spacial score (nSPS) is 11.4. The van der Waals surface area contributed by atoms with Crippen LogP contribution in [-0.2, 0) is 6.61 Å². The van der Waals surface area contributed by atoms with E-state index >= 15 is 0 Å². The molecule has 0 spiro atoms. The Hall–Kier alpha value is -3.76. The lowest BCUT2D eigenvalue weighted by Gasteiger charge is -2.09. The lowest BCUT2D eigenvalue weighted by molar-refractivity contribution is 0.299. The number of hydrogen-bond acceptors (Lipinski definition) is 7. The van der Waals surface area contributed by atoms with Gasteiger partial charge in [0, 0.05) is 11.1 Å². The number of benzene rings is 2. The predicted octanol–water partition coefficient (Wildman–Crippen LogP) is 2.84. The van der Waals surface area contributed by atoms with E-state index in [2.05, 4.69) is 10.4 Å². The number of allylic oxidation sites excluding steroid dienone is 1. The molecule has 0 atom stereocenters. The van der Waals surface area contributed by atoms with Gasteiger partial charge in [-0.05, 0) is 31.2 Å². The van der Waals surface area contributed by atoms with Gasteiger partial charge >= 0.3 is 0 Å². The number of nitrogens with zero attached hydrogens (tertiary/aromatic N) is 2. The maximum Gasteiger partial charge on any atom is 0.226 e. The van der Waals surface area contributed by atoms with Gasteiger partial charge in [-0.3, -0.25) is 0 Å². The number of nitriles is 1. The highest BCUT2D eigenvalue weighted by Crippen LogP contribution is 2.23. The highest BCUT2D eigenvalue weighted by molar-refractivity contribution is 5.69. The molecule has 7 nitrogen and oxygen atoms in total. The zero-order valence-electron chi connectivity index (χ0n) is 14.8. The van der Waals surface area contributed by atoms with Gasteiger partial charge in [-0.15, -0.1) is 0 Å². The molecule has 0 aliphatic heterocycles. The van der Waals surface area contributed by atoms with Crippen molar-refractivity contribution in [3.63, 3.8) is 0 Å². The lowest BCUT2D eigenvalue weighted by Crippen LogP contribution is -2.23. The summed E-state index contributed by atoms with van der Waals surface area (Å²) in [6, 6.07) is 18.7. The summed E-state index contributed by atoms with van der Waals surface area (Å²) in [7, 11) is 0. The first-order chi connectivity index (χ1) is 13.1. The molecular weight excluding hydrogens is 342 g/mol. The second kappa shape index (κ2) is 8.08. The summed E-state index contributed by atoms with van der Waals surface area (Å²) in [5, 5.41) is 9.03. The second-order valence-corrected chi connectivity index (χ2v) is 5.75. The Kier molecular flexibility index (Phi) is 5.40. The first kappa shape index (κ1) is 18.0. The van der Waals surface area contributed by atoms with Crippen molar-refractivity contribution in [2.45, 2.75) is 13.5 Å². The molecular formula is C20H19N5O2. The minimum atomic E-state index is 0.0898. The van der Waals surface area contributed by atoms with E-state index in [1.807, 2.05) is 43.3 Å². The molecule has 3 aromatic rings. The van der Waals surface area contributed by atoms with Gasteiger partial charge in [0.2, 0.25) is 5.89 Å². The number of nitrogens with two attached hydrogens (primary N) is 2. The highest BCUT2D eigenvalue weighted by Gasteiger charge is 2.12. The van der Waals surface area contributed by atoms with Gasteiger partial charge < -0.3 is 20.3 Å². The average molecular weight is 361 g/mol. The molecule has 0 bridgehead atoms. The zero-order chi connectivity index (χ0) is 19.2. The molecule has 3 rings (SSSR count). The van der Waals surface area contributed by atoms with E-state index in [1.54, 1.807) is 24.3 Å². The Morgan fingerprint density at radius 3 is 2.70 bits per heavy atom. The fraction of sp³-hybridized carbons (Fsp3) is 0.100. The summed E-state index contributed by atoms with van der Waals surface area (Å²) < 4.78 is 11.6. The van der Waals surface area contributed by atoms with Crippen LogP contribution in [0.4, 0.5) is 0 Å². The molecule has 0 saturated carbocycles. The standard InChI is InChI=1S/C20H19N5O2/c1-13-18(24-20(27-13)14-6-3-2-4-7-14)12-26-16-9-5-8-15(10-16)19(22)17(11-21)25-23/h2-10,25H,12,22-23H2,1H3/b19-17-. The van der Waals surface area contributed by atoms with E-state index in [9.17, 15) is 0 Å². The zero-order valence-corrected chi connectivity index (χ0v) is 14.8. The van der Waals surface area contributed by atoms with Gasteiger partial charge in [0.1, 0.15) is 29.9 Å². The lowest BCUT2D eigenvalue weighted by atomic mass is 10.1. The minimum absolute atomic E-state index is 0.0898. The van der Waals surface area contributed by atoms with Gasteiger partial charge in [-0.25, -0.2) is 10.8 Å². The van der Waals surface area contributed by atoms with Crippen LogP contribution >= 0.6 is 0 Å². The van der Waals surface area contributed by atoms with Crippen molar-refractivity contribution in [2.24, 2.45) is 11.6 Å². The highest BCUT2D eigenvalue weighted by atomic mass is 16.5. The molecule has 0 unspecified atom stereocenters. The molecule has 27 heavy (non-hydrogen) atoms. The maximum atomic E-state index is 9.03. The van der Waals surface area contributed by atoms with Crippen LogP contribution in [0.5, 0.6) is 5.75 Å². The van der Waals surface area contributed by atoms with Gasteiger partial charge in [0.05, 0.1) is 5.70 Å². The van der Waals surface area contributed by atoms with Crippen LogP contribution < -0.4 is 21.7 Å². The van der Waals surface area contributed by atoms with Crippen LogP contribution in [-0.4, -0.2) is 4.98 Å². The van der Waals surface area contributed by atoms with Crippen LogP contribution in [0.2, 0.25) is 0 Å². The third-order valence-electron chi connectivity index (χ3n) is 3.96. The van der Waals surface area contributed by atoms with Crippen LogP contribution in [0.25, 0.3) is 17.2 Å². The molecule has 0 radical (unpaired) electrons. The predicted molar refractivity (Wildman–Crippen MR) is 101 cm³/mol. The third kappa shape index (κ3) is 4.08. The molecule has 1 aromatic heterocycles. The summed E-state index contributed by atoms with van der Waals surface area (Å²) in [6.07, 6.45) is 0. The topological polar surface area (TPSA) is 123 Å². The van der Waals surface area contributed by atoms with Crippen molar-refractivity contribution in [1.82, 2.24) is 10.4 Å². The fourth-order valence-corrected chi connectivity index (χ4v) is 2.49. The molecule has 0 amide bonds. The van der Waals surface area contributed by atoms with Crippen molar-refractivity contribution in [2.75, 3.05) is 0 Å². The molecule has 0 fully saturated rings. The summed E-state index contributed by atoms with van der Waals surface area (Å²) in [4.78, 5) is 4.51. The summed E-state index contributed by atoms with van der Waals surface area (Å²) in [5.74, 6) is 7.15. The van der Waals surface area contributed by atoms with Gasteiger partial charge in [0.15, 0.2) is 5.70 Å². The molecule has 1 heterocycles. The molecule has 7 heteroatoms. The monoisotopic (exact) mass is 361 g/mol. The molecule has 0 aliphatic carbocycles. The number of oxazole rings is 1. The maximum absolute atomic E-state index is 9.03. The van der Waals surface area contributed by atoms with E-state index in [-0.39, 0.29) is 18.0 Å². The van der Waals surface area contributed by atoms with E-state index in [1.165, 1.54) is 0 Å². The van der Waals surface area contributed by atoms with Crippen LogP contribution in [0.3, 0.4) is 0 Å². The number of rotatable bonds is 6. The second-order valence-electron chi connectivity index (χ2n) is 5.75. The van der Waals surface area contributed by atoms with Gasteiger partial charge in [0.25, 0.3) is 0 Å². The van der Waals surface area contributed by atoms with Crippen LogP contribution in [0.15, 0.2) is 64.7 Å². The van der Waals surface area contributed by atoms with Crippen molar-refractivity contribution in [3.05, 3.63) is 77.3 Å². The van der Waals surface area contributed by atoms with E-state index in [0.29, 0.717) is 28.7 Å². The number of ether oxygens (including phenoxy) is 1. The van der Waals surface area contributed by atoms with Gasteiger partial charge in [-0.2, -0.15) is 5.26 Å². The quantitative estimate of drug-likeness (QED) is 0.350. The Bertz CT molecular complexity index is 1000. The largest absolute Gasteiger partial charge is 0.487 e. The number of hydrazine groups is 1. The fourth-order valence-electron chi connectivity index (χ4n) is 2.49. The minimum Gasteiger partial charge on any atom is -0.487 e. The number of aryl methyl sites for hydroxylation is 1. The summed E-state index contributed by atoms with van der Waals surface area (Å²) in [5.41, 5.74) is 10.8. The molecule has 5 N–H and O–H groups in total. The van der Waals surface area contributed by atoms with E-state index < -0.39 is 0 Å². The van der Waals surface area contributed by atoms with Crippen molar-refractivity contribution >= 4 is 5.70 Å². The molecule has 0 saturated heterocycles. The molecule has 0 aliphatic rings. The first-order valence-electron chi connectivity index (χ1n) is 8.23. The van der Waals surface area contributed by atoms with Crippen molar-refractivity contribution < 1.29 is 9.15 Å². The number of aromatic nitrogens is 1. The SMILES string of the molecule is Cc1oc(-c2ccccc2)nc1COc1cccc(/C(N)=C(\C#N)NN)c1. The smallest absolute Gasteiger partial charge is 0.226 e. The van der Waals surface area contributed by atoms with Crippen LogP contribution in [0, 0.1) is 18.3 Å². The third-order valence-corrected chi connectivity index (χ3v) is 3.96. The molecule has 136 valence electrons. The molecule has 2 aromatic carbocycles. The Balaban J connectivity index is 1.77. The number of nitrogens with one attached hydrogen (secondary N) is 1. The van der Waals surface area contributed by atoms with Crippen molar-refractivity contribution in [1.29, 1.82) is 5.26 Å².